The van der Waals surface area contributed by atoms with Crippen molar-refractivity contribution in [2.75, 3.05) is 25.5 Å². The Morgan fingerprint density at radius 2 is 1.93 bits per heavy atom. The van der Waals surface area contributed by atoms with Gasteiger partial charge < -0.3 is 10.2 Å². The molecule has 0 amide bonds. The van der Waals surface area contributed by atoms with Crippen molar-refractivity contribution in [1.82, 2.24) is 4.90 Å². The van der Waals surface area contributed by atoms with E-state index in [1.165, 1.54) is 24.1 Å². The molecule has 0 aliphatic heterocycles. The first-order chi connectivity index (χ1) is 7.25. The first-order valence-corrected chi connectivity index (χ1v) is 5.76. The maximum Gasteiger partial charge on any atom is 0.0340 e. The minimum atomic E-state index is 0.866. The van der Waals surface area contributed by atoms with Gasteiger partial charge in [-0.15, -0.1) is 0 Å². The van der Waals surface area contributed by atoms with Gasteiger partial charge in [0.25, 0.3) is 0 Å². The summed E-state index contributed by atoms with van der Waals surface area (Å²) in [7, 11) is 2.22. The number of anilines is 1. The van der Waals surface area contributed by atoms with Crippen molar-refractivity contribution in [2.45, 2.75) is 25.8 Å². The Morgan fingerprint density at radius 3 is 2.53 bits per heavy atom. The number of hydrogen-bond donors (Lipinski definition) is 1. The van der Waals surface area contributed by atoms with E-state index >= 15 is 0 Å². The van der Waals surface area contributed by atoms with E-state index in [1.54, 1.807) is 0 Å². The number of likely N-dealkylation sites (N-methyl/N-ethyl adjacent to an activating group) is 1. The molecular weight excluding hydrogens is 184 g/mol. The lowest BCUT2D eigenvalue weighted by atomic mass is 10.2. The summed E-state index contributed by atoms with van der Waals surface area (Å²) in [5.41, 5.74) is 2.54. The van der Waals surface area contributed by atoms with E-state index in [2.05, 4.69) is 48.5 Å². The van der Waals surface area contributed by atoms with Crippen molar-refractivity contribution >= 4 is 5.69 Å². The SMILES string of the molecule is Cc1ccc(NCCN(C)C2CC2)cc1. The molecule has 1 aromatic rings. The van der Waals surface area contributed by atoms with Crippen molar-refractivity contribution in [3.63, 3.8) is 0 Å². The van der Waals surface area contributed by atoms with E-state index in [1.807, 2.05) is 0 Å². The number of hydrogen-bond acceptors (Lipinski definition) is 2. The summed E-state index contributed by atoms with van der Waals surface area (Å²) in [5.74, 6) is 0. The number of aryl methyl sites for hydroxylation is 1. The van der Waals surface area contributed by atoms with Gasteiger partial charge in [-0.05, 0) is 38.9 Å². The molecule has 0 atom stereocenters. The van der Waals surface area contributed by atoms with Crippen LogP contribution >= 0.6 is 0 Å². The monoisotopic (exact) mass is 204 g/mol. The van der Waals surface area contributed by atoms with Gasteiger partial charge in [0.15, 0.2) is 0 Å². The largest absolute Gasteiger partial charge is 0.384 e. The molecule has 82 valence electrons. The van der Waals surface area contributed by atoms with E-state index in [0.29, 0.717) is 0 Å². The zero-order valence-corrected chi connectivity index (χ0v) is 9.66. The predicted octanol–water partition coefficient (Wildman–Crippen LogP) is 2.50. The third kappa shape index (κ3) is 3.24. The zero-order chi connectivity index (χ0) is 10.7. The predicted molar refractivity (Wildman–Crippen MR) is 65.3 cm³/mol. The molecule has 1 aliphatic carbocycles. The van der Waals surface area contributed by atoms with Crippen LogP contribution < -0.4 is 5.32 Å². The first-order valence-electron chi connectivity index (χ1n) is 5.76. The van der Waals surface area contributed by atoms with E-state index in [0.717, 1.165) is 19.1 Å². The highest BCUT2D eigenvalue weighted by Gasteiger charge is 2.25. The second-order valence-electron chi connectivity index (χ2n) is 4.50. The standard InChI is InChI=1S/C13H20N2/c1-11-3-5-12(6-4-11)14-9-10-15(2)13-7-8-13/h3-6,13-14H,7-10H2,1-2H3. The summed E-state index contributed by atoms with van der Waals surface area (Å²) < 4.78 is 0. The molecule has 1 saturated carbocycles. The van der Waals surface area contributed by atoms with Crippen molar-refractivity contribution in [3.05, 3.63) is 29.8 Å². The summed E-state index contributed by atoms with van der Waals surface area (Å²) in [6.07, 6.45) is 2.78. The molecule has 1 fully saturated rings. The average molecular weight is 204 g/mol. The topological polar surface area (TPSA) is 15.3 Å². The number of rotatable bonds is 5. The Balaban J connectivity index is 1.70. The van der Waals surface area contributed by atoms with Gasteiger partial charge in [0.05, 0.1) is 0 Å². The Morgan fingerprint density at radius 1 is 1.27 bits per heavy atom. The van der Waals surface area contributed by atoms with Crippen LogP contribution in [-0.2, 0) is 0 Å². The minimum Gasteiger partial charge on any atom is -0.384 e. The Bertz CT molecular complexity index is 301. The fourth-order valence-corrected chi connectivity index (χ4v) is 1.75. The lowest BCUT2D eigenvalue weighted by molar-refractivity contribution is 0.337. The lowest BCUT2D eigenvalue weighted by Gasteiger charge is -2.16. The van der Waals surface area contributed by atoms with Gasteiger partial charge in [0.1, 0.15) is 0 Å². The van der Waals surface area contributed by atoms with Crippen molar-refractivity contribution < 1.29 is 0 Å². The smallest absolute Gasteiger partial charge is 0.0340 e. The van der Waals surface area contributed by atoms with Gasteiger partial charge in [-0.3, -0.25) is 0 Å². The van der Waals surface area contributed by atoms with Crippen molar-refractivity contribution in [2.24, 2.45) is 0 Å². The second-order valence-corrected chi connectivity index (χ2v) is 4.50. The summed E-state index contributed by atoms with van der Waals surface area (Å²) in [6, 6.07) is 9.45. The average Bonchev–Trinajstić information content (AvgIpc) is 3.04. The van der Waals surface area contributed by atoms with Gasteiger partial charge in [0.2, 0.25) is 0 Å². The zero-order valence-electron chi connectivity index (χ0n) is 9.66. The van der Waals surface area contributed by atoms with Crippen LogP contribution in [-0.4, -0.2) is 31.1 Å². The highest BCUT2D eigenvalue weighted by molar-refractivity contribution is 5.44. The highest BCUT2D eigenvalue weighted by Crippen LogP contribution is 2.24. The number of nitrogens with zero attached hydrogens (tertiary/aromatic N) is 1. The third-order valence-electron chi connectivity index (χ3n) is 3.02. The van der Waals surface area contributed by atoms with Gasteiger partial charge in [0, 0.05) is 24.8 Å². The van der Waals surface area contributed by atoms with Crippen LogP contribution in [0.4, 0.5) is 5.69 Å². The summed E-state index contributed by atoms with van der Waals surface area (Å²) in [4.78, 5) is 2.45. The molecule has 0 heterocycles. The molecular formula is C13H20N2. The quantitative estimate of drug-likeness (QED) is 0.792. The molecule has 0 saturated heterocycles. The van der Waals surface area contributed by atoms with Crippen LogP contribution in [0.25, 0.3) is 0 Å². The van der Waals surface area contributed by atoms with Crippen LogP contribution in [0.1, 0.15) is 18.4 Å². The fourth-order valence-electron chi connectivity index (χ4n) is 1.75. The Kier molecular flexibility index (Phi) is 3.27. The lowest BCUT2D eigenvalue weighted by Crippen LogP contribution is -2.26. The van der Waals surface area contributed by atoms with E-state index in [4.69, 9.17) is 0 Å². The molecule has 0 aromatic heterocycles. The maximum absolute atomic E-state index is 3.44. The first kappa shape index (κ1) is 10.5. The molecule has 0 spiro atoms. The molecule has 1 N–H and O–H groups in total. The van der Waals surface area contributed by atoms with Crippen molar-refractivity contribution in [1.29, 1.82) is 0 Å². The Labute approximate surface area is 92.3 Å². The van der Waals surface area contributed by atoms with E-state index in [9.17, 15) is 0 Å². The van der Waals surface area contributed by atoms with Crippen LogP contribution in [0.5, 0.6) is 0 Å². The third-order valence-corrected chi connectivity index (χ3v) is 3.02. The van der Waals surface area contributed by atoms with Crippen molar-refractivity contribution in [3.8, 4) is 0 Å². The van der Waals surface area contributed by atoms with Gasteiger partial charge in [-0.2, -0.15) is 0 Å². The molecule has 2 heteroatoms. The second kappa shape index (κ2) is 4.67. The summed E-state index contributed by atoms with van der Waals surface area (Å²) in [5, 5.41) is 3.44. The number of benzene rings is 1. The normalized spacial score (nSPS) is 15.7. The number of nitrogens with one attached hydrogen (secondary N) is 1. The summed E-state index contributed by atoms with van der Waals surface area (Å²) >= 11 is 0. The van der Waals surface area contributed by atoms with E-state index < -0.39 is 0 Å². The minimum absolute atomic E-state index is 0.866. The van der Waals surface area contributed by atoms with Gasteiger partial charge in [-0.25, -0.2) is 0 Å². The molecule has 1 aromatic carbocycles. The van der Waals surface area contributed by atoms with Crippen LogP contribution in [0.15, 0.2) is 24.3 Å². The summed E-state index contributed by atoms with van der Waals surface area (Å²) in [6.45, 7) is 4.29. The van der Waals surface area contributed by atoms with Gasteiger partial charge in [-0.1, -0.05) is 17.7 Å². The molecule has 0 unspecified atom stereocenters. The molecule has 15 heavy (non-hydrogen) atoms. The molecule has 0 radical (unpaired) electrons. The van der Waals surface area contributed by atoms with Crippen LogP contribution in [0.3, 0.4) is 0 Å². The van der Waals surface area contributed by atoms with Crippen LogP contribution in [0.2, 0.25) is 0 Å². The highest BCUT2D eigenvalue weighted by atomic mass is 15.2. The molecule has 0 bridgehead atoms. The van der Waals surface area contributed by atoms with Crippen LogP contribution in [0, 0.1) is 6.92 Å². The Hall–Kier alpha value is -1.02. The molecule has 1 aliphatic rings. The molecule has 2 rings (SSSR count). The van der Waals surface area contributed by atoms with Gasteiger partial charge >= 0.3 is 0 Å². The van der Waals surface area contributed by atoms with E-state index in [-0.39, 0.29) is 0 Å². The fraction of sp³-hybridized carbons (Fsp3) is 0.538. The molecule has 2 nitrogen and oxygen atoms in total. The maximum atomic E-state index is 3.44.